The largest absolute Gasteiger partial charge is 0.367 e. The molecule has 0 bridgehead atoms. The number of nitrogens with zero attached hydrogens (tertiary/aromatic N) is 2. The van der Waals surface area contributed by atoms with Gasteiger partial charge in [-0.2, -0.15) is 0 Å². The molecule has 1 aromatic heterocycles. The third-order valence-corrected chi connectivity index (χ3v) is 4.37. The van der Waals surface area contributed by atoms with Crippen LogP contribution in [0.1, 0.15) is 25.7 Å². The first-order valence-electron chi connectivity index (χ1n) is 6.43. The SMILES string of the molecule is Brc1ccc(NC2CCN3CCCC3C2)nc1. The van der Waals surface area contributed by atoms with E-state index in [1.807, 2.05) is 18.3 Å². The quantitative estimate of drug-likeness (QED) is 0.909. The summed E-state index contributed by atoms with van der Waals surface area (Å²) < 4.78 is 1.04. The van der Waals surface area contributed by atoms with Gasteiger partial charge in [0.2, 0.25) is 0 Å². The smallest absolute Gasteiger partial charge is 0.126 e. The second-order valence-electron chi connectivity index (χ2n) is 5.06. The molecule has 0 saturated carbocycles. The number of rotatable bonds is 2. The van der Waals surface area contributed by atoms with E-state index in [4.69, 9.17) is 0 Å². The highest BCUT2D eigenvalue weighted by atomic mass is 79.9. The Bertz CT molecular complexity index is 379. The Labute approximate surface area is 111 Å². The number of aromatic nitrogens is 1. The van der Waals surface area contributed by atoms with Crippen LogP contribution in [-0.2, 0) is 0 Å². The predicted molar refractivity (Wildman–Crippen MR) is 73.2 cm³/mol. The molecule has 92 valence electrons. The van der Waals surface area contributed by atoms with Crippen LogP contribution in [0.15, 0.2) is 22.8 Å². The number of nitrogens with one attached hydrogen (secondary N) is 1. The van der Waals surface area contributed by atoms with Crippen molar-refractivity contribution in [3.8, 4) is 0 Å². The summed E-state index contributed by atoms with van der Waals surface area (Å²) in [5.41, 5.74) is 0. The monoisotopic (exact) mass is 295 g/mol. The van der Waals surface area contributed by atoms with Gasteiger partial charge in [0.05, 0.1) is 0 Å². The van der Waals surface area contributed by atoms with Gasteiger partial charge in [0.1, 0.15) is 5.82 Å². The molecule has 3 nitrogen and oxygen atoms in total. The van der Waals surface area contributed by atoms with Crippen LogP contribution in [0.2, 0.25) is 0 Å². The van der Waals surface area contributed by atoms with E-state index < -0.39 is 0 Å². The minimum atomic E-state index is 0.600. The molecule has 2 aliphatic rings. The maximum atomic E-state index is 4.39. The molecule has 0 aliphatic carbocycles. The van der Waals surface area contributed by atoms with Crippen LogP contribution < -0.4 is 5.32 Å². The fourth-order valence-electron chi connectivity index (χ4n) is 3.03. The lowest BCUT2D eigenvalue weighted by Crippen LogP contribution is -2.42. The summed E-state index contributed by atoms with van der Waals surface area (Å²) in [6.45, 7) is 2.56. The van der Waals surface area contributed by atoms with Crippen LogP contribution in [0, 0.1) is 0 Å². The average molecular weight is 296 g/mol. The standard InChI is InChI=1S/C13H18BrN3/c14-10-3-4-13(15-9-10)16-11-5-7-17-6-1-2-12(17)8-11/h3-4,9,11-12H,1-2,5-8H2,(H,15,16). The van der Waals surface area contributed by atoms with Crippen molar-refractivity contribution >= 4 is 21.7 Å². The van der Waals surface area contributed by atoms with Crippen molar-refractivity contribution in [3.63, 3.8) is 0 Å². The second-order valence-corrected chi connectivity index (χ2v) is 5.97. The molecule has 3 heterocycles. The topological polar surface area (TPSA) is 28.2 Å². The number of pyridine rings is 1. The first kappa shape index (κ1) is 11.5. The average Bonchev–Trinajstić information content (AvgIpc) is 2.79. The van der Waals surface area contributed by atoms with Gasteiger partial charge in [-0.15, -0.1) is 0 Å². The summed E-state index contributed by atoms with van der Waals surface area (Å²) in [7, 11) is 0. The van der Waals surface area contributed by atoms with Gasteiger partial charge >= 0.3 is 0 Å². The summed E-state index contributed by atoms with van der Waals surface area (Å²) in [4.78, 5) is 7.03. The number of hydrogen-bond acceptors (Lipinski definition) is 3. The van der Waals surface area contributed by atoms with Crippen LogP contribution in [0.25, 0.3) is 0 Å². The van der Waals surface area contributed by atoms with Crippen LogP contribution in [-0.4, -0.2) is 35.1 Å². The Hall–Kier alpha value is -0.610. The number of fused-ring (bicyclic) bond motifs is 1. The van der Waals surface area contributed by atoms with Crippen molar-refractivity contribution in [2.45, 2.75) is 37.8 Å². The first-order valence-corrected chi connectivity index (χ1v) is 7.23. The molecule has 0 aromatic carbocycles. The lowest BCUT2D eigenvalue weighted by Gasteiger charge is -2.35. The zero-order chi connectivity index (χ0) is 11.7. The van der Waals surface area contributed by atoms with E-state index in [1.54, 1.807) is 0 Å². The molecular formula is C13H18BrN3. The van der Waals surface area contributed by atoms with E-state index in [0.717, 1.165) is 16.3 Å². The highest BCUT2D eigenvalue weighted by molar-refractivity contribution is 9.10. The minimum Gasteiger partial charge on any atom is -0.367 e. The van der Waals surface area contributed by atoms with Crippen molar-refractivity contribution in [1.82, 2.24) is 9.88 Å². The summed E-state index contributed by atoms with van der Waals surface area (Å²) in [6, 6.07) is 5.50. The Kier molecular flexibility index (Phi) is 3.34. The van der Waals surface area contributed by atoms with Gasteiger partial charge in [-0.1, -0.05) is 0 Å². The van der Waals surface area contributed by atoms with Gasteiger partial charge in [0.15, 0.2) is 0 Å². The van der Waals surface area contributed by atoms with Gasteiger partial charge < -0.3 is 10.2 Å². The van der Waals surface area contributed by atoms with Crippen molar-refractivity contribution in [2.24, 2.45) is 0 Å². The fourth-order valence-corrected chi connectivity index (χ4v) is 3.26. The van der Waals surface area contributed by atoms with Crippen molar-refractivity contribution < 1.29 is 0 Å². The molecule has 2 unspecified atom stereocenters. The van der Waals surface area contributed by atoms with Crippen molar-refractivity contribution in [3.05, 3.63) is 22.8 Å². The number of halogens is 1. The number of hydrogen-bond donors (Lipinski definition) is 1. The molecule has 17 heavy (non-hydrogen) atoms. The van der Waals surface area contributed by atoms with E-state index in [0.29, 0.717) is 6.04 Å². The van der Waals surface area contributed by atoms with E-state index in [2.05, 4.69) is 31.1 Å². The van der Waals surface area contributed by atoms with Crippen molar-refractivity contribution in [1.29, 1.82) is 0 Å². The Morgan fingerprint density at radius 3 is 3.06 bits per heavy atom. The van der Waals surface area contributed by atoms with Gasteiger partial charge in [-0.05, 0) is 60.3 Å². The maximum absolute atomic E-state index is 4.39. The number of anilines is 1. The highest BCUT2D eigenvalue weighted by Crippen LogP contribution is 2.28. The van der Waals surface area contributed by atoms with E-state index in [-0.39, 0.29) is 0 Å². The van der Waals surface area contributed by atoms with E-state index in [9.17, 15) is 0 Å². The molecule has 0 radical (unpaired) electrons. The number of piperidine rings is 1. The molecule has 0 spiro atoms. The molecule has 2 fully saturated rings. The lowest BCUT2D eigenvalue weighted by molar-refractivity contribution is 0.188. The zero-order valence-electron chi connectivity index (χ0n) is 9.90. The van der Waals surface area contributed by atoms with Crippen LogP contribution >= 0.6 is 15.9 Å². The maximum Gasteiger partial charge on any atom is 0.126 e. The molecule has 2 aliphatic heterocycles. The summed E-state index contributed by atoms with van der Waals surface area (Å²) >= 11 is 3.41. The molecule has 2 atom stereocenters. The van der Waals surface area contributed by atoms with E-state index >= 15 is 0 Å². The highest BCUT2D eigenvalue weighted by Gasteiger charge is 2.31. The molecule has 2 saturated heterocycles. The summed E-state index contributed by atoms with van der Waals surface area (Å²) in [6.07, 6.45) is 7.14. The Morgan fingerprint density at radius 1 is 1.29 bits per heavy atom. The molecule has 4 heteroatoms. The lowest BCUT2D eigenvalue weighted by atomic mass is 9.97. The van der Waals surface area contributed by atoms with Gasteiger partial charge in [0.25, 0.3) is 0 Å². The van der Waals surface area contributed by atoms with Crippen LogP contribution in [0.3, 0.4) is 0 Å². The molecule has 0 amide bonds. The minimum absolute atomic E-state index is 0.600. The third kappa shape index (κ3) is 2.63. The fraction of sp³-hybridized carbons (Fsp3) is 0.615. The van der Waals surface area contributed by atoms with Crippen LogP contribution in [0.4, 0.5) is 5.82 Å². The van der Waals surface area contributed by atoms with Gasteiger partial charge in [0, 0.05) is 29.3 Å². The first-order chi connectivity index (χ1) is 8.31. The molecule has 1 aromatic rings. The van der Waals surface area contributed by atoms with Crippen LogP contribution in [0.5, 0.6) is 0 Å². The zero-order valence-corrected chi connectivity index (χ0v) is 11.5. The molecular weight excluding hydrogens is 278 g/mol. The Balaban J connectivity index is 1.60. The van der Waals surface area contributed by atoms with Gasteiger partial charge in [-0.25, -0.2) is 4.98 Å². The normalized spacial score (nSPS) is 29.0. The van der Waals surface area contributed by atoms with Gasteiger partial charge in [-0.3, -0.25) is 0 Å². The third-order valence-electron chi connectivity index (χ3n) is 3.90. The Morgan fingerprint density at radius 2 is 2.24 bits per heavy atom. The summed E-state index contributed by atoms with van der Waals surface area (Å²) in [5, 5.41) is 3.56. The van der Waals surface area contributed by atoms with E-state index in [1.165, 1.54) is 38.8 Å². The summed E-state index contributed by atoms with van der Waals surface area (Å²) in [5.74, 6) is 1.00. The second kappa shape index (κ2) is 4.94. The molecule has 3 rings (SSSR count). The van der Waals surface area contributed by atoms with Crippen molar-refractivity contribution in [2.75, 3.05) is 18.4 Å². The molecule has 1 N–H and O–H groups in total. The predicted octanol–water partition coefficient (Wildman–Crippen LogP) is 2.88.